The summed E-state index contributed by atoms with van der Waals surface area (Å²) in [6.07, 6.45) is 0. The van der Waals surface area contributed by atoms with Gasteiger partial charge in [-0.2, -0.15) is 8.55 Å². The second-order valence-electron chi connectivity index (χ2n) is 4.49. The quantitative estimate of drug-likeness (QED) is 0.494. The summed E-state index contributed by atoms with van der Waals surface area (Å²) in [5.41, 5.74) is 3.33. The van der Waals surface area contributed by atoms with Crippen molar-refractivity contribution in [2.45, 2.75) is 6.92 Å². The number of nitrogens with zero attached hydrogens (tertiary/aromatic N) is 1. The Kier molecular flexibility index (Phi) is 3.86. The number of fused-ring (bicyclic) bond motifs is 1. The third kappa shape index (κ3) is 3.03. The molecule has 2 aromatic carbocycles. The monoisotopic (exact) mass is 412 g/mol. The standard InChI is InChI=1S/C15H10ClIN2O2/c1-8(20)21-15-18-13-6-11(12(16)7-14(13)19-15)9-2-4-10(17)5-3-9/h2-7H,1H3,(H,18,19)/q-1. The van der Waals surface area contributed by atoms with Gasteiger partial charge < -0.3 is 32.3 Å². The number of hydrogen-bond acceptors (Lipinski definition) is 3. The molecule has 0 aliphatic carbocycles. The number of imidazole rings is 1. The number of halogens is 2. The van der Waals surface area contributed by atoms with E-state index in [4.69, 9.17) is 16.3 Å². The van der Waals surface area contributed by atoms with Gasteiger partial charge >= 0.3 is 12.0 Å². The molecule has 0 atom stereocenters. The minimum Gasteiger partial charge on any atom is -0.759 e. The van der Waals surface area contributed by atoms with Gasteiger partial charge in [-0.05, 0) is 17.7 Å². The topological polar surface area (TPSA) is 55.0 Å². The second-order valence-corrected chi connectivity index (χ2v) is 6.14. The molecule has 6 heteroatoms. The molecule has 0 saturated heterocycles. The van der Waals surface area contributed by atoms with Gasteiger partial charge in [0.2, 0.25) is 0 Å². The summed E-state index contributed by atoms with van der Waals surface area (Å²) in [6.45, 7) is 1.33. The highest BCUT2D eigenvalue weighted by atomic mass is 127. The van der Waals surface area contributed by atoms with Gasteiger partial charge in [0.25, 0.3) is 0 Å². The fourth-order valence-electron chi connectivity index (χ4n) is 2.04. The molecule has 0 aliphatic rings. The van der Waals surface area contributed by atoms with Crippen LogP contribution in [0, 0.1) is 3.57 Å². The van der Waals surface area contributed by atoms with Crippen molar-refractivity contribution in [3.8, 4) is 17.1 Å². The Labute approximate surface area is 139 Å². The summed E-state index contributed by atoms with van der Waals surface area (Å²) in [5, 5.41) is 0.613. The number of aromatic nitrogens is 2. The molecular formula is C15H10ClIN2O2-. The van der Waals surface area contributed by atoms with E-state index in [1.807, 2.05) is 30.3 Å². The maximum atomic E-state index is 11.0. The van der Waals surface area contributed by atoms with Crippen molar-refractivity contribution in [2.75, 3.05) is 0 Å². The molecule has 0 fully saturated rings. The van der Waals surface area contributed by atoms with Crippen molar-refractivity contribution >= 4 is 28.6 Å². The molecule has 1 N–H and O–H groups in total. The molecule has 0 spiro atoms. The Morgan fingerprint density at radius 2 is 2.00 bits per heavy atom. The summed E-state index contributed by atoms with van der Waals surface area (Å²) in [5.74, 6) is -0.419. The fraction of sp³-hybridized carbons (Fsp3) is 0.0667. The number of carbonyl (C=O) groups excluding carboxylic acids is 1. The minimum absolute atomic E-state index is 0.174. The first-order valence-electron chi connectivity index (χ1n) is 6.16. The molecule has 1 heterocycles. The zero-order valence-electron chi connectivity index (χ0n) is 11.0. The van der Waals surface area contributed by atoms with E-state index in [9.17, 15) is 4.79 Å². The Morgan fingerprint density at radius 3 is 2.67 bits per heavy atom. The van der Waals surface area contributed by atoms with Gasteiger partial charge in [-0.1, -0.05) is 35.9 Å². The van der Waals surface area contributed by atoms with Crippen LogP contribution >= 0.6 is 11.6 Å². The molecule has 0 bridgehead atoms. The normalized spacial score (nSPS) is 10.8. The van der Waals surface area contributed by atoms with Crippen molar-refractivity contribution in [1.82, 2.24) is 9.97 Å². The van der Waals surface area contributed by atoms with Crippen molar-refractivity contribution in [1.29, 1.82) is 0 Å². The molecule has 0 amide bonds. The number of H-pyrrole nitrogens is 1. The molecule has 21 heavy (non-hydrogen) atoms. The van der Waals surface area contributed by atoms with Crippen LogP contribution in [0.25, 0.3) is 22.2 Å². The fourth-order valence-corrected chi connectivity index (χ4v) is 2.67. The maximum Gasteiger partial charge on any atom is 0.310 e. The van der Waals surface area contributed by atoms with Crippen molar-refractivity contribution in [3.05, 3.63) is 45.0 Å². The number of rotatable bonds is 2. The molecule has 0 saturated carbocycles. The second kappa shape index (κ2) is 5.65. The van der Waals surface area contributed by atoms with Gasteiger partial charge in [0.15, 0.2) is 0 Å². The Bertz CT molecular complexity index is 828. The molecule has 1 aromatic heterocycles. The van der Waals surface area contributed by atoms with Crippen molar-refractivity contribution in [3.63, 3.8) is 0 Å². The van der Waals surface area contributed by atoms with Gasteiger partial charge in [0, 0.05) is 12.5 Å². The van der Waals surface area contributed by atoms with E-state index in [2.05, 4.69) is 32.6 Å². The third-order valence-corrected chi connectivity index (χ3v) is 3.98. The molecule has 4 nitrogen and oxygen atoms in total. The van der Waals surface area contributed by atoms with E-state index < -0.39 is 5.97 Å². The van der Waals surface area contributed by atoms with Crippen LogP contribution in [-0.2, 0) is 4.79 Å². The van der Waals surface area contributed by atoms with Gasteiger partial charge in [0.05, 0.1) is 16.1 Å². The predicted octanol–water partition coefficient (Wildman–Crippen LogP) is 0.531. The number of esters is 1. The van der Waals surface area contributed by atoms with Gasteiger partial charge in [0.1, 0.15) is 0 Å². The number of nitrogens with one attached hydrogen (secondary N) is 1. The largest absolute Gasteiger partial charge is 0.759 e. The van der Waals surface area contributed by atoms with E-state index >= 15 is 0 Å². The van der Waals surface area contributed by atoms with Crippen LogP contribution in [0.3, 0.4) is 0 Å². The highest BCUT2D eigenvalue weighted by Crippen LogP contribution is 2.32. The van der Waals surface area contributed by atoms with Crippen LogP contribution in [0.1, 0.15) is 6.92 Å². The van der Waals surface area contributed by atoms with E-state index in [1.165, 1.54) is 6.92 Å². The first-order valence-corrected chi connectivity index (χ1v) is 7.62. The molecule has 0 aliphatic heterocycles. The Morgan fingerprint density at radius 1 is 1.29 bits per heavy atom. The molecule has 0 unspecified atom stereocenters. The van der Waals surface area contributed by atoms with Crippen molar-refractivity contribution in [2.24, 2.45) is 0 Å². The smallest absolute Gasteiger partial charge is 0.310 e. The van der Waals surface area contributed by atoms with Gasteiger partial charge in [-0.3, -0.25) is 4.79 Å². The number of ether oxygens (including phenoxy) is 1. The lowest BCUT2D eigenvalue weighted by atomic mass is 10.1. The highest BCUT2D eigenvalue weighted by molar-refractivity contribution is 6.34. The first-order chi connectivity index (χ1) is 10.0. The number of hydrogen-bond donors (Lipinski definition) is 1. The van der Waals surface area contributed by atoms with E-state index in [0.717, 1.165) is 20.2 Å². The maximum absolute atomic E-state index is 11.0. The number of carbonyl (C=O) groups is 1. The average Bonchev–Trinajstić information content (AvgIpc) is 2.79. The van der Waals surface area contributed by atoms with Crippen LogP contribution in [0.4, 0.5) is 0 Å². The lowest BCUT2D eigenvalue weighted by molar-refractivity contribution is -0.328. The SMILES string of the molecule is CC(=O)Oc1nc2cc(-c3ccc([I-])cc3)c(Cl)cc2[nH]1. The molecular weight excluding hydrogens is 403 g/mol. The Hall–Kier alpha value is -1.60. The van der Waals surface area contributed by atoms with Crippen LogP contribution in [0.5, 0.6) is 6.01 Å². The minimum atomic E-state index is -0.419. The lowest BCUT2D eigenvalue weighted by Gasteiger charge is -2.08. The third-order valence-electron chi connectivity index (χ3n) is 2.94. The van der Waals surface area contributed by atoms with E-state index in [-0.39, 0.29) is 6.01 Å². The lowest BCUT2D eigenvalue weighted by Crippen LogP contribution is -3.34. The number of aromatic amines is 1. The van der Waals surface area contributed by atoms with Crippen molar-refractivity contribution < 1.29 is 32.1 Å². The van der Waals surface area contributed by atoms with Crippen LogP contribution in [-0.4, -0.2) is 15.9 Å². The summed E-state index contributed by atoms with van der Waals surface area (Å²) < 4.78 is 6.11. The van der Waals surface area contributed by atoms with E-state index in [0.29, 0.717) is 10.5 Å². The van der Waals surface area contributed by atoms with E-state index in [1.54, 1.807) is 6.07 Å². The van der Waals surface area contributed by atoms with Crippen LogP contribution < -0.4 is 27.3 Å². The zero-order chi connectivity index (χ0) is 15.0. The summed E-state index contributed by atoms with van der Waals surface area (Å²) >= 11 is 8.59. The number of benzene rings is 2. The molecule has 1 radical (unpaired) electrons. The summed E-state index contributed by atoms with van der Waals surface area (Å²) in [4.78, 5) is 18.1. The molecule has 3 aromatic rings. The van der Waals surface area contributed by atoms with Crippen LogP contribution in [0.2, 0.25) is 5.02 Å². The van der Waals surface area contributed by atoms with Gasteiger partial charge in [-0.15, -0.1) is 0 Å². The summed E-state index contributed by atoms with van der Waals surface area (Å²) in [7, 11) is 0. The zero-order valence-corrected chi connectivity index (χ0v) is 13.9. The predicted molar refractivity (Wildman–Crippen MR) is 76.5 cm³/mol. The summed E-state index contributed by atoms with van der Waals surface area (Å²) in [6, 6.07) is 11.9. The first kappa shape index (κ1) is 14.3. The molecule has 107 valence electrons. The van der Waals surface area contributed by atoms with Gasteiger partial charge in [-0.25, -0.2) is 0 Å². The average molecular weight is 413 g/mol. The highest BCUT2D eigenvalue weighted by Gasteiger charge is 2.10. The Balaban J connectivity index is 2.09. The van der Waals surface area contributed by atoms with Crippen LogP contribution in [0.15, 0.2) is 36.4 Å². The molecule has 3 rings (SSSR count).